The molecule has 1 unspecified atom stereocenters. The summed E-state index contributed by atoms with van der Waals surface area (Å²) in [4.78, 5) is 0. The van der Waals surface area contributed by atoms with Gasteiger partial charge in [-0.05, 0) is 22.8 Å². The van der Waals surface area contributed by atoms with Gasteiger partial charge in [-0.2, -0.15) is 4.57 Å². The van der Waals surface area contributed by atoms with Gasteiger partial charge in [0.25, 0.3) is 0 Å². The molecule has 2 aliphatic rings. The first-order valence-electron chi connectivity index (χ1n) is 8.34. The van der Waals surface area contributed by atoms with E-state index in [1.54, 1.807) is 5.57 Å². The van der Waals surface area contributed by atoms with E-state index in [2.05, 4.69) is 80.9 Å². The van der Waals surface area contributed by atoms with Crippen LogP contribution in [0.5, 0.6) is 0 Å². The summed E-state index contributed by atoms with van der Waals surface area (Å²) < 4.78 is 2.51. The quantitative estimate of drug-likeness (QED) is 0.670. The van der Waals surface area contributed by atoms with E-state index in [4.69, 9.17) is 0 Å². The van der Waals surface area contributed by atoms with Gasteiger partial charge in [0.1, 0.15) is 0 Å². The number of hydrogen-bond donors (Lipinski definition) is 0. The molecule has 0 saturated carbocycles. The molecule has 0 fully saturated rings. The number of nitrogens with zero attached hydrogens (tertiary/aromatic N) is 1. The molecule has 1 aliphatic carbocycles. The summed E-state index contributed by atoms with van der Waals surface area (Å²) in [6.45, 7) is 9.45. The number of pyridine rings is 1. The molecule has 2 heterocycles. The summed E-state index contributed by atoms with van der Waals surface area (Å²) in [7, 11) is 0. The SMILES string of the molecule is CCC1(C)CC2=C(c3cccc[n+]31)C(C)(C)c1ccccc12. The van der Waals surface area contributed by atoms with Crippen molar-refractivity contribution < 1.29 is 4.57 Å². The van der Waals surface area contributed by atoms with Gasteiger partial charge < -0.3 is 0 Å². The lowest BCUT2D eigenvalue weighted by molar-refractivity contribution is -0.764. The molecule has 0 radical (unpaired) electrons. The molecule has 0 amide bonds. The Morgan fingerprint density at radius 1 is 1.00 bits per heavy atom. The minimum atomic E-state index is 0.0874. The van der Waals surface area contributed by atoms with Crippen LogP contribution in [0, 0.1) is 0 Å². The molecule has 1 nitrogen and oxygen atoms in total. The summed E-state index contributed by atoms with van der Waals surface area (Å²) in [6, 6.07) is 15.6. The number of aromatic nitrogens is 1. The molecular formula is C21H24N+. The lowest BCUT2D eigenvalue weighted by Crippen LogP contribution is -2.58. The Balaban J connectivity index is 2.07. The monoisotopic (exact) mass is 290 g/mol. The van der Waals surface area contributed by atoms with Crippen molar-refractivity contribution >= 4 is 11.1 Å². The Morgan fingerprint density at radius 3 is 2.50 bits per heavy atom. The van der Waals surface area contributed by atoms with Crippen molar-refractivity contribution in [1.82, 2.24) is 0 Å². The van der Waals surface area contributed by atoms with E-state index >= 15 is 0 Å². The molecule has 112 valence electrons. The Kier molecular flexibility index (Phi) is 2.70. The van der Waals surface area contributed by atoms with Crippen molar-refractivity contribution in [1.29, 1.82) is 0 Å². The second kappa shape index (κ2) is 4.32. The molecule has 2 aromatic rings. The van der Waals surface area contributed by atoms with E-state index in [0.29, 0.717) is 0 Å². The lowest BCUT2D eigenvalue weighted by atomic mass is 9.76. The van der Waals surface area contributed by atoms with E-state index in [9.17, 15) is 0 Å². The molecule has 0 spiro atoms. The lowest BCUT2D eigenvalue weighted by Gasteiger charge is -2.33. The van der Waals surface area contributed by atoms with Crippen molar-refractivity contribution in [3.8, 4) is 0 Å². The van der Waals surface area contributed by atoms with Crippen molar-refractivity contribution in [3.63, 3.8) is 0 Å². The van der Waals surface area contributed by atoms with Gasteiger partial charge >= 0.3 is 0 Å². The second-order valence-corrected chi connectivity index (χ2v) is 7.51. The molecule has 1 aliphatic heterocycles. The Morgan fingerprint density at radius 2 is 1.73 bits per heavy atom. The molecule has 1 aromatic carbocycles. The molecule has 4 rings (SSSR count). The predicted octanol–water partition coefficient (Wildman–Crippen LogP) is 4.71. The summed E-state index contributed by atoms with van der Waals surface area (Å²) in [6.07, 6.45) is 4.54. The summed E-state index contributed by atoms with van der Waals surface area (Å²) in [5.74, 6) is 0. The van der Waals surface area contributed by atoms with Crippen molar-refractivity contribution in [2.24, 2.45) is 0 Å². The zero-order valence-electron chi connectivity index (χ0n) is 14.0. The average Bonchev–Trinajstić information content (AvgIpc) is 2.76. The summed E-state index contributed by atoms with van der Waals surface area (Å²) in [5.41, 5.74) is 7.70. The number of rotatable bonds is 1. The van der Waals surface area contributed by atoms with E-state index in [1.807, 2.05) is 0 Å². The smallest absolute Gasteiger partial charge is 0.193 e. The van der Waals surface area contributed by atoms with Gasteiger partial charge in [-0.25, -0.2) is 0 Å². The second-order valence-electron chi connectivity index (χ2n) is 7.51. The zero-order valence-corrected chi connectivity index (χ0v) is 14.0. The number of allylic oxidation sites excluding steroid dienone is 2. The molecule has 0 saturated heterocycles. The van der Waals surface area contributed by atoms with E-state index in [0.717, 1.165) is 12.8 Å². The fourth-order valence-electron chi connectivity index (χ4n) is 4.48. The fourth-order valence-corrected chi connectivity index (χ4v) is 4.48. The van der Waals surface area contributed by atoms with Crippen LogP contribution in [0.4, 0.5) is 0 Å². The molecule has 1 heteroatoms. The van der Waals surface area contributed by atoms with Gasteiger partial charge in [0.2, 0.25) is 5.69 Å². The third-order valence-electron chi connectivity index (χ3n) is 5.87. The van der Waals surface area contributed by atoms with E-state index in [1.165, 1.54) is 22.4 Å². The fraction of sp³-hybridized carbons (Fsp3) is 0.381. The van der Waals surface area contributed by atoms with Crippen LogP contribution in [0.25, 0.3) is 11.1 Å². The molecular weight excluding hydrogens is 266 g/mol. The highest BCUT2D eigenvalue weighted by Gasteiger charge is 2.50. The molecule has 1 atom stereocenters. The van der Waals surface area contributed by atoms with Crippen molar-refractivity contribution in [2.75, 3.05) is 0 Å². The third kappa shape index (κ3) is 1.57. The standard InChI is InChI=1S/C21H24N/c1-5-21(4)14-16-15-10-6-7-11-17(15)20(2,3)19(16)18-12-8-9-13-22(18)21/h6-13H,5,14H2,1-4H3/q+1. The summed E-state index contributed by atoms with van der Waals surface area (Å²) in [5, 5.41) is 0. The number of benzene rings is 1. The highest BCUT2D eigenvalue weighted by Crippen LogP contribution is 2.54. The maximum atomic E-state index is 2.51. The van der Waals surface area contributed by atoms with E-state index in [-0.39, 0.29) is 11.0 Å². The van der Waals surface area contributed by atoms with E-state index < -0.39 is 0 Å². The van der Waals surface area contributed by atoms with Crippen molar-refractivity contribution in [2.45, 2.75) is 51.5 Å². The van der Waals surface area contributed by atoms with Crippen LogP contribution >= 0.6 is 0 Å². The minimum absolute atomic E-state index is 0.0874. The van der Waals surface area contributed by atoms with Gasteiger partial charge in [0.05, 0.1) is 0 Å². The highest BCUT2D eigenvalue weighted by molar-refractivity contribution is 6.00. The number of fused-ring (bicyclic) bond motifs is 4. The van der Waals surface area contributed by atoms with Crippen LogP contribution in [0.1, 0.15) is 57.4 Å². The Labute approximate surface area is 133 Å². The van der Waals surface area contributed by atoms with Gasteiger partial charge in [-0.15, -0.1) is 0 Å². The van der Waals surface area contributed by atoms with Gasteiger partial charge in [0, 0.05) is 42.9 Å². The maximum Gasteiger partial charge on any atom is 0.210 e. The predicted molar refractivity (Wildman–Crippen MR) is 91.5 cm³/mol. The van der Waals surface area contributed by atoms with Gasteiger partial charge in [-0.3, -0.25) is 0 Å². The van der Waals surface area contributed by atoms with Crippen LogP contribution in [0.3, 0.4) is 0 Å². The van der Waals surface area contributed by atoms with Crippen LogP contribution in [-0.4, -0.2) is 0 Å². The number of hydrogen-bond acceptors (Lipinski definition) is 0. The highest BCUT2D eigenvalue weighted by atomic mass is 15.1. The van der Waals surface area contributed by atoms with Gasteiger partial charge in [0.15, 0.2) is 11.7 Å². The van der Waals surface area contributed by atoms with Gasteiger partial charge in [-0.1, -0.05) is 45.0 Å². The first-order chi connectivity index (χ1) is 10.5. The van der Waals surface area contributed by atoms with Crippen LogP contribution in [0.2, 0.25) is 0 Å². The average molecular weight is 290 g/mol. The normalized spacial score (nSPS) is 24.7. The topological polar surface area (TPSA) is 3.88 Å². The van der Waals surface area contributed by atoms with Crippen molar-refractivity contribution in [3.05, 3.63) is 65.5 Å². The molecule has 1 aromatic heterocycles. The largest absolute Gasteiger partial charge is 0.210 e. The minimum Gasteiger partial charge on any atom is -0.193 e. The summed E-state index contributed by atoms with van der Waals surface area (Å²) >= 11 is 0. The molecule has 0 bridgehead atoms. The third-order valence-corrected chi connectivity index (χ3v) is 5.87. The van der Waals surface area contributed by atoms with Crippen LogP contribution < -0.4 is 4.57 Å². The molecule has 0 N–H and O–H groups in total. The first kappa shape index (κ1) is 13.8. The molecule has 22 heavy (non-hydrogen) atoms. The Bertz CT molecular complexity index is 797. The zero-order chi connectivity index (χ0) is 15.5. The van der Waals surface area contributed by atoms with Crippen LogP contribution in [0.15, 0.2) is 48.7 Å². The first-order valence-corrected chi connectivity index (χ1v) is 8.34. The van der Waals surface area contributed by atoms with Crippen LogP contribution in [-0.2, 0) is 11.0 Å². The Hall–Kier alpha value is -1.89. The maximum absolute atomic E-state index is 2.51.